The first kappa shape index (κ1) is 24.8. The second-order valence-corrected chi connectivity index (χ2v) is 7.05. The molecule has 0 aliphatic carbocycles. The number of benzene rings is 1. The Kier molecular flexibility index (Phi) is 9.69. The summed E-state index contributed by atoms with van der Waals surface area (Å²) in [6, 6.07) is 6.60. The maximum Gasteiger partial charge on any atom is 0.408 e. The van der Waals surface area contributed by atoms with Crippen molar-refractivity contribution in [2.75, 3.05) is 25.2 Å². The predicted molar refractivity (Wildman–Crippen MR) is 114 cm³/mol. The van der Waals surface area contributed by atoms with Crippen molar-refractivity contribution >= 4 is 29.2 Å². The van der Waals surface area contributed by atoms with Crippen LogP contribution >= 0.6 is 0 Å². The SMILES string of the molecule is CCOC(=O)C(CC=C(C)C)(CCC(=O)N(C)c1ccccc1[N+]#N)C(=O)OCC. The molecule has 0 aromatic heterocycles. The van der Waals surface area contributed by atoms with Crippen LogP contribution in [0.4, 0.5) is 11.4 Å². The molecule has 1 aromatic rings. The average molecular weight is 416 g/mol. The highest BCUT2D eigenvalue weighted by Gasteiger charge is 2.48. The topological polar surface area (TPSA) is 101 Å². The fourth-order valence-corrected chi connectivity index (χ4v) is 2.93. The predicted octanol–water partition coefficient (Wildman–Crippen LogP) is 4.38. The van der Waals surface area contributed by atoms with Gasteiger partial charge in [0.25, 0.3) is 0 Å². The van der Waals surface area contributed by atoms with E-state index in [-0.39, 0.29) is 44.1 Å². The Morgan fingerprint density at radius 1 is 1.10 bits per heavy atom. The van der Waals surface area contributed by atoms with Crippen molar-refractivity contribution in [3.05, 3.63) is 40.9 Å². The number of nitrogens with zero attached hydrogens (tertiary/aromatic N) is 3. The van der Waals surface area contributed by atoms with Crippen LogP contribution in [0.25, 0.3) is 4.98 Å². The molecule has 0 radical (unpaired) electrons. The van der Waals surface area contributed by atoms with Crippen LogP contribution in [0.1, 0.15) is 47.0 Å². The lowest BCUT2D eigenvalue weighted by Gasteiger charge is -2.29. The second-order valence-electron chi connectivity index (χ2n) is 7.05. The number of hydrogen-bond donors (Lipinski definition) is 0. The van der Waals surface area contributed by atoms with Gasteiger partial charge in [-0.1, -0.05) is 23.8 Å². The van der Waals surface area contributed by atoms with Gasteiger partial charge in [-0.25, -0.2) is 0 Å². The number of para-hydroxylation sites is 1. The van der Waals surface area contributed by atoms with Crippen LogP contribution < -0.4 is 4.90 Å². The molecule has 8 nitrogen and oxygen atoms in total. The van der Waals surface area contributed by atoms with Crippen LogP contribution in [-0.4, -0.2) is 38.1 Å². The molecule has 0 heterocycles. The number of anilines is 1. The third-order valence-electron chi connectivity index (χ3n) is 4.68. The van der Waals surface area contributed by atoms with Gasteiger partial charge >= 0.3 is 17.6 Å². The lowest BCUT2D eigenvalue weighted by molar-refractivity contribution is -0.172. The van der Waals surface area contributed by atoms with Crippen LogP contribution in [0.5, 0.6) is 0 Å². The Labute approximate surface area is 177 Å². The quantitative estimate of drug-likeness (QED) is 0.243. The molecule has 0 fully saturated rings. The summed E-state index contributed by atoms with van der Waals surface area (Å²) in [7, 11) is 1.54. The number of carbonyl (C=O) groups excluding carboxylic acids is 3. The molecule has 0 saturated carbocycles. The highest BCUT2D eigenvalue weighted by Crippen LogP contribution is 2.35. The van der Waals surface area contributed by atoms with Crippen LogP contribution in [0.15, 0.2) is 35.9 Å². The molecule has 1 rings (SSSR count). The summed E-state index contributed by atoms with van der Waals surface area (Å²) in [5.74, 6) is -1.76. The van der Waals surface area contributed by atoms with Crippen molar-refractivity contribution in [3.63, 3.8) is 0 Å². The van der Waals surface area contributed by atoms with Crippen molar-refractivity contribution in [2.24, 2.45) is 5.41 Å². The van der Waals surface area contributed by atoms with Crippen molar-refractivity contribution in [1.29, 1.82) is 5.39 Å². The van der Waals surface area contributed by atoms with Crippen LogP contribution in [0, 0.1) is 10.8 Å². The monoisotopic (exact) mass is 416 g/mol. The standard InChI is InChI=1S/C22H30N3O5/c1-6-29-20(27)22(14-12-16(3)4,21(28)30-7-2)15-13-19(26)25(5)18-11-9-8-10-17(18)24-23/h8-12H,6-7,13-15H2,1-5H3/q+1. The molecule has 0 spiro atoms. The zero-order valence-corrected chi connectivity index (χ0v) is 18.3. The molecule has 0 N–H and O–H groups in total. The maximum absolute atomic E-state index is 12.8. The highest BCUT2D eigenvalue weighted by atomic mass is 16.6. The molecular weight excluding hydrogens is 386 g/mol. The van der Waals surface area contributed by atoms with Crippen LogP contribution in [0.3, 0.4) is 0 Å². The molecular formula is C22H30N3O5+. The number of rotatable bonds is 10. The smallest absolute Gasteiger partial charge is 0.408 e. The minimum absolute atomic E-state index is 0.0734. The molecule has 0 aliphatic heterocycles. The summed E-state index contributed by atoms with van der Waals surface area (Å²) in [6.45, 7) is 7.23. The van der Waals surface area contributed by atoms with E-state index in [9.17, 15) is 14.4 Å². The summed E-state index contributed by atoms with van der Waals surface area (Å²) >= 11 is 0. The zero-order chi connectivity index (χ0) is 22.7. The van der Waals surface area contributed by atoms with Crippen LogP contribution in [-0.2, 0) is 23.9 Å². The average Bonchev–Trinajstić information content (AvgIpc) is 2.73. The van der Waals surface area contributed by atoms with E-state index in [0.29, 0.717) is 5.69 Å². The highest BCUT2D eigenvalue weighted by molar-refractivity contribution is 6.02. The van der Waals surface area contributed by atoms with Gasteiger partial charge < -0.3 is 14.4 Å². The normalized spacial score (nSPS) is 10.5. The second kappa shape index (κ2) is 11.7. The Bertz CT molecular complexity index is 819. The molecule has 0 unspecified atom stereocenters. The Balaban J connectivity index is 3.20. The van der Waals surface area contributed by atoms with E-state index in [1.54, 1.807) is 51.2 Å². The summed E-state index contributed by atoms with van der Waals surface area (Å²) in [6.07, 6.45) is 1.66. The number of hydrogen-bond acceptors (Lipinski definition) is 6. The van der Waals surface area contributed by atoms with E-state index in [4.69, 9.17) is 14.9 Å². The summed E-state index contributed by atoms with van der Waals surface area (Å²) in [5.41, 5.74) is -0.0392. The van der Waals surface area contributed by atoms with Crippen molar-refractivity contribution in [1.82, 2.24) is 0 Å². The molecule has 1 aromatic carbocycles. The Hall–Kier alpha value is -3.21. The lowest BCUT2D eigenvalue weighted by Crippen LogP contribution is -2.43. The fourth-order valence-electron chi connectivity index (χ4n) is 2.93. The van der Waals surface area contributed by atoms with Gasteiger partial charge in [0.15, 0.2) is 10.4 Å². The first-order chi connectivity index (χ1) is 14.2. The van der Waals surface area contributed by atoms with Crippen molar-refractivity contribution < 1.29 is 23.9 Å². The van der Waals surface area contributed by atoms with Gasteiger partial charge in [0, 0.05) is 19.5 Å². The Morgan fingerprint density at radius 3 is 2.17 bits per heavy atom. The summed E-state index contributed by atoms with van der Waals surface area (Å²) < 4.78 is 10.4. The van der Waals surface area contributed by atoms with Crippen LogP contribution in [0.2, 0.25) is 0 Å². The molecule has 0 aliphatic rings. The minimum Gasteiger partial charge on any atom is -0.465 e. The fraction of sp³-hybridized carbons (Fsp3) is 0.500. The van der Waals surface area contributed by atoms with E-state index in [1.807, 2.05) is 13.8 Å². The molecule has 8 heteroatoms. The van der Waals surface area contributed by atoms with Crippen molar-refractivity contribution in [2.45, 2.75) is 47.0 Å². The zero-order valence-electron chi connectivity index (χ0n) is 18.3. The van der Waals surface area contributed by atoms with Gasteiger partial charge in [-0.15, -0.1) is 0 Å². The minimum atomic E-state index is -1.61. The summed E-state index contributed by atoms with van der Waals surface area (Å²) in [4.78, 5) is 43.0. The molecule has 1 amide bonds. The maximum atomic E-state index is 12.8. The van der Waals surface area contributed by atoms with Crippen molar-refractivity contribution in [3.8, 4) is 0 Å². The van der Waals surface area contributed by atoms with E-state index in [2.05, 4.69) is 4.98 Å². The first-order valence-corrected chi connectivity index (χ1v) is 9.92. The van der Waals surface area contributed by atoms with E-state index in [1.165, 1.54) is 4.90 Å². The van der Waals surface area contributed by atoms with Gasteiger partial charge in [-0.3, -0.25) is 14.4 Å². The molecule has 0 bridgehead atoms. The number of esters is 2. The van der Waals surface area contributed by atoms with Gasteiger partial charge in [0.05, 0.1) is 13.2 Å². The molecule has 0 saturated heterocycles. The third kappa shape index (κ3) is 6.14. The largest absolute Gasteiger partial charge is 0.465 e. The first-order valence-electron chi connectivity index (χ1n) is 9.92. The molecule has 30 heavy (non-hydrogen) atoms. The van der Waals surface area contributed by atoms with Gasteiger partial charge in [-0.2, -0.15) is 0 Å². The number of ether oxygens (including phenoxy) is 2. The van der Waals surface area contributed by atoms with Gasteiger partial charge in [0.2, 0.25) is 11.3 Å². The van der Waals surface area contributed by atoms with E-state index < -0.39 is 17.4 Å². The number of allylic oxidation sites excluding steroid dienone is 2. The summed E-state index contributed by atoms with van der Waals surface area (Å²) in [5, 5.41) is 9.15. The Morgan fingerprint density at radius 2 is 1.67 bits per heavy atom. The van der Waals surface area contributed by atoms with E-state index >= 15 is 0 Å². The molecule has 0 atom stereocenters. The van der Waals surface area contributed by atoms with E-state index in [0.717, 1.165) is 5.57 Å². The number of carbonyl (C=O) groups is 3. The molecule has 162 valence electrons. The van der Waals surface area contributed by atoms with Gasteiger partial charge in [-0.05, 0) is 46.6 Å². The number of diazo groups is 1. The third-order valence-corrected chi connectivity index (χ3v) is 4.68. The lowest BCUT2D eigenvalue weighted by atomic mass is 9.79. The van der Waals surface area contributed by atoms with Gasteiger partial charge in [0.1, 0.15) is 5.69 Å². The number of amides is 1.